The molecule has 6 heteroatoms. The minimum atomic E-state index is -0.216. The van der Waals surface area contributed by atoms with Crippen LogP contribution in [0.4, 0.5) is 0 Å². The molecule has 0 fully saturated rings. The summed E-state index contributed by atoms with van der Waals surface area (Å²) in [6, 6.07) is 16.0. The van der Waals surface area contributed by atoms with E-state index in [0.29, 0.717) is 17.0 Å². The molecule has 0 bridgehead atoms. The third-order valence-electron chi connectivity index (χ3n) is 4.92. The second-order valence-electron chi connectivity index (χ2n) is 6.61. The lowest BCUT2D eigenvalue weighted by Crippen LogP contribution is -2.40. The molecule has 0 saturated heterocycles. The fourth-order valence-electron chi connectivity index (χ4n) is 3.53. The van der Waals surface area contributed by atoms with Crippen LogP contribution in [0, 0.1) is 0 Å². The molecule has 27 heavy (non-hydrogen) atoms. The van der Waals surface area contributed by atoms with E-state index in [2.05, 4.69) is 61.5 Å². The molecule has 1 aromatic carbocycles. The minimum absolute atomic E-state index is 0.0504. The maximum absolute atomic E-state index is 12.4. The Bertz CT molecular complexity index is 926. The van der Waals surface area contributed by atoms with Gasteiger partial charge in [-0.1, -0.05) is 30.3 Å². The Kier molecular flexibility index (Phi) is 5.36. The summed E-state index contributed by atoms with van der Waals surface area (Å²) in [6.07, 6.45) is 4.65. The normalized spacial score (nSPS) is 15.1. The number of nitrogens with one attached hydrogen (secondary N) is 1. The molecule has 1 amide bonds. The summed E-state index contributed by atoms with van der Waals surface area (Å²) in [6.45, 7) is 2.29. The lowest BCUT2D eigenvalue weighted by atomic mass is 9.97. The van der Waals surface area contributed by atoms with E-state index >= 15 is 0 Å². The molecule has 0 saturated carbocycles. The number of carbonyl (C=O) groups is 1. The fourth-order valence-corrected chi connectivity index (χ4v) is 3.83. The molecule has 1 aliphatic rings. The molecule has 0 radical (unpaired) electrons. The van der Waals surface area contributed by atoms with Gasteiger partial charge >= 0.3 is 0 Å². The van der Waals surface area contributed by atoms with Crippen LogP contribution in [0.1, 0.15) is 33.3 Å². The van der Waals surface area contributed by atoms with E-state index < -0.39 is 0 Å². The highest BCUT2D eigenvalue weighted by Gasteiger charge is 2.25. The second-order valence-corrected chi connectivity index (χ2v) is 7.39. The maximum Gasteiger partial charge on any atom is 0.287 e. The number of amides is 1. The standard InChI is InChI=1S/C21H20BrN3O2/c22-20-8-7-19(27-20)21(26)24-13-18(16-6-3-10-23-12-16)25-11-9-15-4-1-2-5-17(15)14-25/h1-8,10,12,18H,9,11,13-14H2,(H,24,26)/t18-/m1/s1. The van der Waals surface area contributed by atoms with Crippen molar-refractivity contribution in [3.8, 4) is 0 Å². The molecule has 2 aromatic heterocycles. The zero-order chi connectivity index (χ0) is 18.6. The number of hydrogen-bond acceptors (Lipinski definition) is 4. The van der Waals surface area contributed by atoms with Gasteiger partial charge in [-0.15, -0.1) is 0 Å². The first kappa shape index (κ1) is 17.9. The first-order valence-electron chi connectivity index (χ1n) is 8.95. The van der Waals surface area contributed by atoms with Crippen LogP contribution in [0.5, 0.6) is 0 Å². The van der Waals surface area contributed by atoms with Gasteiger partial charge in [-0.3, -0.25) is 14.7 Å². The summed E-state index contributed by atoms with van der Waals surface area (Å²) in [5.41, 5.74) is 3.85. The van der Waals surface area contributed by atoms with Crippen LogP contribution in [0.3, 0.4) is 0 Å². The molecule has 138 valence electrons. The van der Waals surface area contributed by atoms with Crippen molar-refractivity contribution in [1.29, 1.82) is 0 Å². The number of hydrogen-bond donors (Lipinski definition) is 1. The van der Waals surface area contributed by atoms with E-state index in [4.69, 9.17) is 4.42 Å². The predicted molar refractivity (Wildman–Crippen MR) is 106 cm³/mol. The Morgan fingerprint density at radius 2 is 2.04 bits per heavy atom. The molecule has 1 aliphatic heterocycles. The Morgan fingerprint density at radius 3 is 2.78 bits per heavy atom. The number of fused-ring (bicyclic) bond motifs is 1. The molecule has 1 atom stereocenters. The van der Waals surface area contributed by atoms with E-state index in [1.807, 2.05) is 12.3 Å². The number of halogens is 1. The zero-order valence-electron chi connectivity index (χ0n) is 14.8. The first-order valence-corrected chi connectivity index (χ1v) is 9.74. The van der Waals surface area contributed by atoms with Gasteiger partial charge in [0.15, 0.2) is 10.4 Å². The second kappa shape index (κ2) is 8.06. The monoisotopic (exact) mass is 425 g/mol. The van der Waals surface area contributed by atoms with Crippen LogP contribution in [0.15, 0.2) is 70.0 Å². The zero-order valence-corrected chi connectivity index (χ0v) is 16.4. The predicted octanol–water partition coefficient (Wildman–Crippen LogP) is 3.97. The van der Waals surface area contributed by atoms with Gasteiger partial charge in [0.25, 0.3) is 5.91 Å². The lowest BCUT2D eigenvalue weighted by molar-refractivity contribution is 0.0899. The van der Waals surface area contributed by atoms with E-state index in [1.165, 1.54) is 11.1 Å². The lowest BCUT2D eigenvalue weighted by Gasteiger charge is -2.35. The van der Waals surface area contributed by atoms with Crippen LogP contribution in [0.2, 0.25) is 0 Å². The third kappa shape index (κ3) is 4.12. The van der Waals surface area contributed by atoms with Gasteiger partial charge in [0, 0.05) is 32.0 Å². The van der Waals surface area contributed by atoms with Gasteiger partial charge in [0.2, 0.25) is 0 Å². The molecule has 0 spiro atoms. The first-order chi connectivity index (χ1) is 13.2. The van der Waals surface area contributed by atoms with Gasteiger partial charge in [-0.05, 0) is 57.2 Å². The van der Waals surface area contributed by atoms with Crippen molar-refractivity contribution in [1.82, 2.24) is 15.2 Å². The summed E-state index contributed by atoms with van der Waals surface area (Å²) < 4.78 is 5.90. The van der Waals surface area contributed by atoms with Crippen molar-refractivity contribution >= 4 is 21.8 Å². The molecule has 0 unspecified atom stereocenters. The third-order valence-corrected chi connectivity index (χ3v) is 5.35. The van der Waals surface area contributed by atoms with E-state index in [-0.39, 0.29) is 11.9 Å². The molecule has 5 nitrogen and oxygen atoms in total. The maximum atomic E-state index is 12.4. The number of nitrogens with zero attached hydrogens (tertiary/aromatic N) is 2. The molecule has 4 rings (SSSR count). The van der Waals surface area contributed by atoms with Gasteiger partial charge in [-0.25, -0.2) is 0 Å². The van der Waals surface area contributed by atoms with E-state index in [0.717, 1.165) is 25.1 Å². The smallest absolute Gasteiger partial charge is 0.287 e. The topological polar surface area (TPSA) is 58.4 Å². The Morgan fingerprint density at radius 1 is 1.19 bits per heavy atom. The summed E-state index contributed by atoms with van der Waals surface area (Å²) >= 11 is 3.23. The highest BCUT2D eigenvalue weighted by molar-refractivity contribution is 9.10. The van der Waals surface area contributed by atoms with Crippen molar-refractivity contribution in [2.45, 2.75) is 19.0 Å². The quantitative estimate of drug-likeness (QED) is 0.671. The number of carbonyl (C=O) groups excluding carboxylic acids is 1. The number of pyridine rings is 1. The van der Waals surface area contributed by atoms with Gasteiger partial charge in [-0.2, -0.15) is 0 Å². The van der Waals surface area contributed by atoms with E-state index in [9.17, 15) is 4.79 Å². The van der Waals surface area contributed by atoms with Crippen LogP contribution >= 0.6 is 15.9 Å². The SMILES string of the molecule is O=C(NC[C@H](c1cccnc1)N1CCc2ccccc2C1)c1ccc(Br)o1. The molecule has 3 heterocycles. The van der Waals surface area contributed by atoms with Crippen molar-refractivity contribution in [3.63, 3.8) is 0 Å². The molecule has 0 aliphatic carbocycles. The Labute approximate surface area is 166 Å². The largest absolute Gasteiger partial charge is 0.444 e. The average Bonchev–Trinajstić information content (AvgIpc) is 3.15. The minimum Gasteiger partial charge on any atom is -0.444 e. The summed E-state index contributed by atoms with van der Waals surface area (Å²) in [5.74, 6) is 0.0859. The van der Waals surface area contributed by atoms with Crippen LogP contribution < -0.4 is 5.32 Å². The highest BCUT2D eigenvalue weighted by atomic mass is 79.9. The van der Waals surface area contributed by atoms with Crippen molar-refractivity contribution < 1.29 is 9.21 Å². The molecule has 1 N–H and O–H groups in total. The van der Waals surface area contributed by atoms with Gasteiger partial charge < -0.3 is 9.73 Å². The van der Waals surface area contributed by atoms with Crippen LogP contribution in [-0.2, 0) is 13.0 Å². The van der Waals surface area contributed by atoms with Crippen molar-refractivity contribution in [2.75, 3.05) is 13.1 Å². The summed E-state index contributed by atoms with van der Waals surface area (Å²) in [5, 5.41) is 3.01. The van der Waals surface area contributed by atoms with Crippen LogP contribution in [0.25, 0.3) is 0 Å². The number of rotatable bonds is 5. The highest BCUT2D eigenvalue weighted by Crippen LogP contribution is 2.27. The summed E-state index contributed by atoms with van der Waals surface area (Å²) in [4.78, 5) is 19.1. The van der Waals surface area contributed by atoms with Crippen molar-refractivity contribution in [2.24, 2.45) is 0 Å². The number of furan rings is 1. The molecular formula is C21H20BrN3O2. The number of benzene rings is 1. The molecule has 3 aromatic rings. The fraction of sp³-hybridized carbons (Fsp3) is 0.238. The summed E-state index contributed by atoms with van der Waals surface area (Å²) in [7, 11) is 0. The molecular weight excluding hydrogens is 406 g/mol. The van der Waals surface area contributed by atoms with Gasteiger partial charge in [0.1, 0.15) is 0 Å². The Balaban J connectivity index is 1.52. The van der Waals surface area contributed by atoms with Crippen molar-refractivity contribution in [3.05, 3.63) is 88.0 Å². The Hall–Kier alpha value is -2.44. The van der Waals surface area contributed by atoms with Gasteiger partial charge in [0.05, 0.1) is 6.04 Å². The van der Waals surface area contributed by atoms with Crippen LogP contribution in [-0.4, -0.2) is 28.9 Å². The number of aromatic nitrogens is 1. The average molecular weight is 426 g/mol. The van der Waals surface area contributed by atoms with E-state index in [1.54, 1.807) is 18.3 Å².